The highest BCUT2D eigenvalue weighted by atomic mass is 16.5. The van der Waals surface area contributed by atoms with Crippen LogP contribution in [0, 0.1) is 0 Å². The maximum atomic E-state index is 7.22. The fourth-order valence-corrected chi connectivity index (χ4v) is 20.2. The van der Waals surface area contributed by atoms with E-state index in [-0.39, 0.29) is 0 Å². The van der Waals surface area contributed by atoms with Gasteiger partial charge in [-0.3, -0.25) is 0 Å². The molecule has 0 amide bonds. The fourth-order valence-electron chi connectivity index (χ4n) is 20.2. The lowest BCUT2D eigenvalue weighted by molar-refractivity contribution is 0.442. The summed E-state index contributed by atoms with van der Waals surface area (Å²) in [5.41, 5.74) is 29.6. The molecule has 0 radical (unpaired) electrons. The SMILES string of the molecule is c1ccc(-c2ccc3ccc4ccc(-c5ccc6c(c5)nc(-c5ccccc5)c5ccc7c(c56)Oc5ccccc5C75c6ccccc6-c6ccccc65)nc4c3n2)cc1.c1ccc(-c2nc(-c3ccccc3)nc(-c3cccc(-c4ccc5c(c4)nc(-c4ccccc4)c4ccc6c(c45)Oc4ccccc4C64c5ccccc5-c5ccccc54)c3)n2)cc1. The largest absolute Gasteiger partial charge is 0.456 e. The summed E-state index contributed by atoms with van der Waals surface area (Å²) in [4.78, 5) is 36.4. The molecule has 9 nitrogen and oxygen atoms in total. The number of ether oxygens (including phenoxy) is 2. The van der Waals surface area contributed by atoms with Gasteiger partial charge < -0.3 is 9.47 Å². The molecule has 26 rings (SSSR count). The Morgan fingerprint density at radius 2 is 0.516 bits per heavy atom. The third kappa shape index (κ3) is 10.8. The third-order valence-electron chi connectivity index (χ3n) is 25.7. The van der Waals surface area contributed by atoms with Crippen molar-refractivity contribution in [1.29, 1.82) is 0 Å². The molecule has 17 aromatic carbocycles. The van der Waals surface area contributed by atoms with E-state index in [2.05, 4.69) is 340 Å². The Balaban J connectivity index is 0.000000136. The summed E-state index contributed by atoms with van der Waals surface area (Å²) in [6.07, 6.45) is 0. The predicted molar refractivity (Wildman–Crippen MR) is 501 cm³/mol. The van der Waals surface area contributed by atoms with Crippen molar-refractivity contribution in [3.8, 4) is 136 Å². The van der Waals surface area contributed by atoms with Crippen LogP contribution in [0.3, 0.4) is 0 Å². The normalized spacial score (nSPS) is 13.1. The zero-order valence-electron chi connectivity index (χ0n) is 66.8. The maximum Gasteiger partial charge on any atom is 0.164 e. The van der Waals surface area contributed by atoms with Crippen molar-refractivity contribution in [2.24, 2.45) is 0 Å². The Labute approximate surface area is 714 Å². The topological polar surface area (TPSA) is 109 Å². The number of fused-ring (bicyclic) bond motifs is 29. The predicted octanol–water partition coefficient (Wildman–Crippen LogP) is 28.3. The number of hydrogen-bond donors (Lipinski definition) is 0. The van der Waals surface area contributed by atoms with E-state index in [1.165, 1.54) is 44.5 Å². The van der Waals surface area contributed by atoms with Crippen LogP contribution < -0.4 is 9.47 Å². The second-order valence-corrected chi connectivity index (χ2v) is 32.3. The zero-order chi connectivity index (χ0) is 81.6. The smallest absolute Gasteiger partial charge is 0.164 e. The molecule has 2 aliphatic carbocycles. The van der Waals surface area contributed by atoms with Gasteiger partial charge in [-0.15, -0.1) is 0 Å². The number of nitrogens with zero attached hydrogens (tertiary/aromatic N) is 7. The molecule has 576 valence electrons. The average molecular weight is 1580 g/mol. The van der Waals surface area contributed by atoms with Gasteiger partial charge in [0.15, 0.2) is 17.5 Å². The highest BCUT2D eigenvalue weighted by Gasteiger charge is 2.53. The van der Waals surface area contributed by atoms with E-state index in [0.29, 0.717) is 17.5 Å². The first kappa shape index (κ1) is 70.5. The molecule has 5 aromatic heterocycles. The number of pyridine rings is 4. The summed E-state index contributed by atoms with van der Waals surface area (Å²) in [7, 11) is 0. The molecule has 0 atom stereocenters. The van der Waals surface area contributed by atoms with Crippen LogP contribution in [0.15, 0.2) is 419 Å². The van der Waals surface area contributed by atoms with E-state index in [1.54, 1.807) is 0 Å². The molecule has 9 heteroatoms. The Morgan fingerprint density at radius 1 is 0.194 bits per heavy atom. The first-order chi connectivity index (χ1) is 61.5. The van der Waals surface area contributed by atoms with Crippen LogP contribution in [0.2, 0.25) is 0 Å². The lowest BCUT2D eigenvalue weighted by Gasteiger charge is -2.40. The zero-order valence-corrected chi connectivity index (χ0v) is 66.8. The van der Waals surface area contributed by atoms with Crippen molar-refractivity contribution in [3.05, 3.63) is 463 Å². The number of rotatable bonds is 8. The van der Waals surface area contributed by atoms with Gasteiger partial charge >= 0.3 is 0 Å². The highest BCUT2D eigenvalue weighted by Crippen LogP contribution is 2.66. The van der Waals surface area contributed by atoms with Gasteiger partial charge in [0.05, 0.1) is 55.7 Å². The first-order valence-corrected chi connectivity index (χ1v) is 42.1. The van der Waals surface area contributed by atoms with Crippen LogP contribution in [0.5, 0.6) is 23.0 Å². The van der Waals surface area contributed by atoms with Gasteiger partial charge in [0.1, 0.15) is 23.0 Å². The highest BCUT2D eigenvalue weighted by molar-refractivity contribution is 6.18. The van der Waals surface area contributed by atoms with Crippen LogP contribution in [0.25, 0.3) is 178 Å². The maximum absolute atomic E-state index is 7.22. The molecule has 0 saturated heterocycles. The average Bonchev–Trinajstić information content (AvgIpc) is 1.48. The summed E-state index contributed by atoms with van der Waals surface area (Å²) in [6.45, 7) is 0. The minimum atomic E-state index is -0.579. The minimum absolute atomic E-state index is 0.569. The summed E-state index contributed by atoms with van der Waals surface area (Å²) < 4.78 is 14.4. The number of aromatic nitrogens is 7. The number of benzene rings is 17. The van der Waals surface area contributed by atoms with Crippen LogP contribution in [-0.2, 0) is 10.8 Å². The Kier molecular flexibility index (Phi) is 16.0. The lowest BCUT2D eigenvalue weighted by Crippen LogP contribution is -2.32. The molecule has 7 heterocycles. The Hall–Kier alpha value is -16.5. The monoisotopic (exact) mass is 1580 g/mol. The summed E-state index contributed by atoms with van der Waals surface area (Å²) in [6, 6.07) is 148. The van der Waals surface area contributed by atoms with Crippen LogP contribution in [0.4, 0.5) is 0 Å². The molecule has 0 N–H and O–H groups in total. The molecule has 0 bridgehead atoms. The Morgan fingerprint density at radius 3 is 0.960 bits per heavy atom. The fraction of sp³-hybridized carbons (Fsp3) is 0.0174. The quantitative estimate of drug-likeness (QED) is 0.137. The van der Waals surface area contributed by atoms with Crippen molar-refractivity contribution in [2.45, 2.75) is 10.8 Å². The second-order valence-electron chi connectivity index (χ2n) is 32.3. The van der Waals surface area contributed by atoms with Crippen molar-refractivity contribution in [2.75, 3.05) is 0 Å². The van der Waals surface area contributed by atoms with Crippen molar-refractivity contribution in [1.82, 2.24) is 34.9 Å². The second kappa shape index (κ2) is 28.1. The van der Waals surface area contributed by atoms with Crippen LogP contribution >= 0.6 is 0 Å². The van der Waals surface area contributed by atoms with Gasteiger partial charge in [-0.1, -0.05) is 376 Å². The van der Waals surface area contributed by atoms with Crippen LogP contribution in [0.1, 0.15) is 44.5 Å². The van der Waals surface area contributed by atoms with Gasteiger partial charge in [-0.25, -0.2) is 34.9 Å². The van der Waals surface area contributed by atoms with Gasteiger partial charge in [-0.05, 0) is 98.1 Å². The lowest BCUT2D eigenvalue weighted by atomic mass is 9.65. The van der Waals surface area contributed by atoms with Crippen molar-refractivity contribution < 1.29 is 9.47 Å². The number of hydrogen-bond acceptors (Lipinski definition) is 9. The number of para-hydroxylation sites is 2. The molecule has 22 aromatic rings. The molecule has 4 aliphatic rings. The summed E-state index contributed by atoms with van der Waals surface area (Å²) in [5, 5.41) is 8.34. The standard InChI is InChI=1S/C59H36N4O.C56H33N3O/c1-4-17-37(18-5-1)54-46-33-34-50-55(64-52-30-15-14-29-49(52)59(50)47-27-12-10-25-43(47)44-26-11-13-28-48(44)59)53(46)45-32-31-41(36-51(45)60-54)40-23-16-24-42(35-40)58-62-56(38-19-6-2-7-20-38)61-57(63-58)39-21-8-3-9-22-39;1-3-13-34(14-4-1)47-31-26-36-23-24-37-27-32-48(58-54(37)53(36)57-47)38-25-28-41-49(33-38)59-52(35-15-5-2-6-16-35)42-29-30-46-55(51(41)42)60-50-22-12-11-21-45(50)56(46)43-19-9-7-17-39(43)40-18-8-10-20-44(40)56/h1-36H;1-33H. The third-order valence-corrected chi connectivity index (χ3v) is 25.7. The summed E-state index contributed by atoms with van der Waals surface area (Å²) >= 11 is 0. The van der Waals surface area contributed by atoms with E-state index in [0.717, 1.165) is 183 Å². The van der Waals surface area contributed by atoms with E-state index < -0.39 is 10.8 Å². The van der Waals surface area contributed by atoms with Gasteiger partial charge in [-0.2, -0.15) is 0 Å². The van der Waals surface area contributed by atoms with E-state index in [9.17, 15) is 0 Å². The molecule has 124 heavy (non-hydrogen) atoms. The van der Waals surface area contributed by atoms with Gasteiger partial charge in [0.25, 0.3) is 0 Å². The molecular weight excluding hydrogens is 1510 g/mol. The van der Waals surface area contributed by atoms with E-state index >= 15 is 0 Å². The first-order valence-electron chi connectivity index (χ1n) is 42.1. The Bertz CT molecular complexity index is 8040. The minimum Gasteiger partial charge on any atom is -0.456 e. The van der Waals surface area contributed by atoms with E-state index in [4.69, 9.17) is 44.4 Å². The van der Waals surface area contributed by atoms with Crippen molar-refractivity contribution >= 4 is 65.2 Å². The molecule has 0 fully saturated rings. The molecular formula is C115H69N7O2. The molecule has 0 unspecified atom stereocenters. The van der Waals surface area contributed by atoms with Gasteiger partial charge in [0, 0.05) is 104 Å². The van der Waals surface area contributed by atoms with Gasteiger partial charge in [0.2, 0.25) is 0 Å². The van der Waals surface area contributed by atoms with Crippen LogP contribution in [-0.4, -0.2) is 34.9 Å². The molecule has 2 aliphatic heterocycles. The molecule has 0 saturated carbocycles. The summed E-state index contributed by atoms with van der Waals surface area (Å²) in [5.74, 6) is 5.32. The van der Waals surface area contributed by atoms with E-state index in [1.807, 2.05) is 78.9 Å². The molecule has 2 spiro atoms. The van der Waals surface area contributed by atoms with Crippen molar-refractivity contribution in [3.63, 3.8) is 0 Å².